The van der Waals surface area contributed by atoms with Crippen LogP contribution in [0.1, 0.15) is 5.56 Å². The van der Waals surface area contributed by atoms with Crippen LogP contribution in [0.25, 0.3) is 5.57 Å². The van der Waals surface area contributed by atoms with Gasteiger partial charge in [-0.15, -0.1) is 11.8 Å². The van der Waals surface area contributed by atoms with Crippen LogP contribution in [0.4, 0.5) is 0 Å². The molecule has 1 N–H and O–H groups in total. The minimum Gasteiger partial charge on any atom is -0.392 e. The van der Waals surface area contributed by atoms with Crippen LogP contribution in [-0.4, -0.2) is 18.0 Å². The molecular weight excluding hydrogens is 168 g/mol. The Kier molecular flexibility index (Phi) is 3.38. The van der Waals surface area contributed by atoms with Crippen molar-refractivity contribution in [1.82, 2.24) is 0 Å². The van der Waals surface area contributed by atoms with Crippen molar-refractivity contribution in [2.75, 3.05) is 12.9 Å². The Balaban J connectivity index is 3.04. The molecule has 1 nitrogen and oxygen atoms in total. The van der Waals surface area contributed by atoms with Crippen molar-refractivity contribution >= 4 is 17.3 Å². The summed E-state index contributed by atoms with van der Waals surface area (Å²) in [5, 5.41) is 8.90. The van der Waals surface area contributed by atoms with Crippen molar-refractivity contribution in [2.24, 2.45) is 0 Å². The highest BCUT2D eigenvalue weighted by Gasteiger charge is 2.02. The third kappa shape index (κ3) is 1.90. The first-order valence-corrected chi connectivity index (χ1v) is 4.94. The van der Waals surface area contributed by atoms with E-state index in [1.54, 1.807) is 11.8 Å². The van der Waals surface area contributed by atoms with Crippen molar-refractivity contribution in [2.45, 2.75) is 4.90 Å². The molecule has 0 spiro atoms. The van der Waals surface area contributed by atoms with Gasteiger partial charge >= 0.3 is 0 Å². The highest BCUT2D eigenvalue weighted by atomic mass is 32.2. The van der Waals surface area contributed by atoms with E-state index in [4.69, 9.17) is 5.11 Å². The van der Waals surface area contributed by atoms with Crippen LogP contribution < -0.4 is 0 Å². The Labute approximate surface area is 77.1 Å². The van der Waals surface area contributed by atoms with Gasteiger partial charge in [-0.1, -0.05) is 24.8 Å². The Bertz CT molecular complexity index is 281. The van der Waals surface area contributed by atoms with Gasteiger partial charge in [0.1, 0.15) is 0 Å². The second-order valence-electron chi connectivity index (χ2n) is 2.46. The average molecular weight is 180 g/mol. The number of benzene rings is 1. The fourth-order valence-corrected chi connectivity index (χ4v) is 1.67. The monoisotopic (exact) mass is 180 g/mol. The van der Waals surface area contributed by atoms with Crippen molar-refractivity contribution in [3.8, 4) is 0 Å². The average Bonchev–Trinajstić information content (AvgIpc) is 2.16. The molecule has 0 saturated heterocycles. The van der Waals surface area contributed by atoms with E-state index in [9.17, 15) is 0 Å². The lowest BCUT2D eigenvalue weighted by Crippen LogP contribution is -1.90. The third-order valence-electron chi connectivity index (χ3n) is 1.68. The summed E-state index contributed by atoms with van der Waals surface area (Å²) in [6.45, 7) is 3.81. The second-order valence-corrected chi connectivity index (χ2v) is 3.31. The summed E-state index contributed by atoms with van der Waals surface area (Å²) in [5.41, 5.74) is 1.83. The number of aliphatic hydroxyl groups is 1. The van der Waals surface area contributed by atoms with Crippen LogP contribution in [0.15, 0.2) is 35.7 Å². The fraction of sp³-hybridized carbons (Fsp3) is 0.200. The van der Waals surface area contributed by atoms with E-state index in [2.05, 4.69) is 6.58 Å². The van der Waals surface area contributed by atoms with E-state index in [0.717, 1.165) is 16.0 Å². The number of hydrogen-bond acceptors (Lipinski definition) is 2. The first-order valence-electron chi connectivity index (χ1n) is 3.71. The SMILES string of the molecule is C=C(CO)c1ccccc1SC. The molecule has 12 heavy (non-hydrogen) atoms. The first-order chi connectivity index (χ1) is 5.79. The van der Waals surface area contributed by atoms with Crippen LogP contribution in [0.5, 0.6) is 0 Å². The van der Waals surface area contributed by atoms with Crippen molar-refractivity contribution < 1.29 is 5.11 Å². The first kappa shape index (κ1) is 9.36. The molecule has 0 radical (unpaired) electrons. The summed E-state index contributed by atoms with van der Waals surface area (Å²) in [6, 6.07) is 7.95. The predicted molar refractivity (Wildman–Crippen MR) is 54.3 cm³/mol. The van der Waals surface area contributed by atoms with E-state index in [1.807, 2.05) is 30.5 Å². The van der Waals surface area contributed by atoms with Crippen LogP contribution in [0.2, 0.25) is 0 Å². The van der Waals surface area contributed by atoms with Gasteiger partial charge in [0.05, 0.1) is 6.61 Å². The maximum atomic E-state index is 8.90. The zero-order chi connectivity index (χ0) is 8.97. The summed E-state index contributed by atoms with van der Waals surface area (Å²) in [5.74, 6) is 0. The molecular formula is C10H12OS. The van der Waals surface area contributed by atoms with E-state index < -0.39 is 0 Å². The zero-order valence-electron chi connectivity index (χ0n) is 7.08. The molecule has 64 valence electrons. The van der Waals surface area contributed by atoms with Gasteiger partial charge in [-0.05, 0) is 23.5 Å². The van der Waals surface area contributed by atoms with Crippen molar-refractivity contribution in [1.29, 1.82) is 0 Å². The highest BCUT2D eigenvalue weighted by molar-refractivity contribution is 7.98. The maximum Gasteiger partial charge on any atom is 0.0682 e. The standard InChI is InChI=1S/C10H12OS/c1-8(7-11)9-5-3-4-6-10(9)12-2/h3-6,11H,1,7H2,2H3. The smallest absolute Gasteiger partial charge is 0.0682 e. The van der Waals surface area contributed by atoms with Gasteiger partial charge in [0.2, 0.25) is 0 Å². The summed E-state index contributed by atoms with van der Waals surface area (Å²) < 4.78 is 0. The molecule has 0 fully saturated rings. The molecule has 0 unspecified atom stereocenters. The molecule has 0 aromatic heterocycles. The van der Waals surface area contributed by atoms with Gasteiger partial charge in [-0.25, -0.2) is 0 Å². The lowest BCUT2D eigenvalue weighted by atomic mass is 10.1. The summed E-state index contributed by atoms with van der Waals surface area (Å²) in [4.78, 5) is 1.16. The molecule has 0 heterocycles. The Morgan fingerprint density at radius 2 is 2.17 bits per heavy atom. The highest BCUT2D eigenvalue weighted by Crippen LogP contribution is 2.24. The quantitative estimate of drug-likeness (QED) is 0.721. The number of thioether (sulfide) groups is 1. The topological polar surface area (TPSA) is 20.2 Å². The van der Waals surface area contributed by atoms with Crippen molar-refractivity contribution in [3.05, 3.63) is 36.4 Å². The van der Waals surface area contributed by atoms with Crippen LogP contribution in [0, 0.1) is 0 Å². The molecule has 0 aliphatic heterocycles. The molecule has 1 aromatic carbocycles. The van der Waals surface area contributed by atoms with E-state index in [0.29, 0.717) is 0 Å². The molecule has 2 heteroatoms. The van der Waals surface area contributed by atoms with Gasteiger partial charge in [0.15, 0.2) is 0 Å². The second kappa shape index (κ2) is 4.33. The Morgan fingerprint density at radius 3 is 2.75 bits per heavy atom. The van der Waals surface area contributed by atoms with Crippen LogP contribution >= 0.6 is 11.8 Å². The number of rotatable bonds is 3. The van der Waals surface area contributed by atoms with Gasteiger partial charge in [0.25, 0.3) is 0 Å². The van der Waals surface area contributed by atoms with E-state index in [-0.39, 0.29) is 6.61 Å². The predicted octanol–water partition coefficient (Wildman–Crippen LogP) is 2.41. The lowest BCUT2D eigenvalue weighted by molar-refractivity contribution is 0.350. The van der Waals surface area contributed by atoms with Gasteiger partial charge < -0.3 is 5.11 Å². The third-order valence-corrected chi connectivity index (χ3v) is 2.47. The molecule has 0 saturated carbocycles. The van der Waals surface area contributed by atoms with E-state index >= 15 is 0 Å². The maximum absolute atomic E-state index is 8.90. The van der Waals surface area contributed by atoms with Crippen LogP contribution in [-0.2, 0) is 0 Å². The van der Waals surface area contributed by atoms with Gasteiger partial charge in [-0.3, -0.25) is 0 Å². The summed E-state index contributed by atoms with van der Waals surface area (Å²) >= 11 is 1.67. The number of aliphatic hydroxyl groups excluding tert-OH is 1. The molecule has 0 bridgehead atoms. The lowest BCUT2D eigenvalue weighted by Gasteiger charge is -2.06. The summed E-state index contributed by atoms with van der Waals surface area (Å²) in [7, 11) is 0. The van der Waals surface area contributed by atoms with Crippen LogP contribution in [0.3, 0.4) is 0 Å². The number of hydrogen-bond donors (Lipinski definition) is 1. The van der Waals surface area contributed by atoms with Gasteiger partial charge in [0, 0.05) is 4.90 Å². The van der Waals surface area contributed by atoms with Crippen molar-refractivity contribution in [3.63, 3.8) is 0 Å². The van der Waals surface area contributed by atoms with Gasteiger partial charge in [-0.2, -0.15) is 0 Å². The summed E-state index contributed by atoms with van der Waals surface area (Å²) in [6.07, 6.45) is 2.02. The molecule has 1 aromatic rings. The zero-order valence-corrected chi connectivity index (χ0v) is 7.90. The minimum atomic E-state index is 0.0254. The minimum absolute atomic E-state index is 0.0254. The van der Waals surface area contributed by atoms with E-state index in [1.165, 1.54) is 0 Å². The Morgan fingerprint density at radius 1 is 1.50 bits per heavy atom. The molecule has 0 atom stereocenters. The molecule has 0 amide bonds. The normalized spacial score (nSPS) is 9.83. The fourth-order valence-electron chi connectivity index (χ4n) is 1.02. The molecule has 0 aliphatic carbocycles. The Hall–Kier alpha value is -0.730. The largest absolute Gasteiger partial charge is 0.392 e. The molecule has 1 rings (SSSR count). The molecule has 0 aliphatic rings.